The van der Waals surface area contributed by atoms with E-state index in [4.69, 9.17) is 9.47 Å². The van der Waals surface area contributed by atoms with Crippen LogP contribution in [-0.2, 0) is 37.3 Å². The first kappa shape index (κ1) is 19.4. The van der Waals surface area contributed by atoms with E-state index in [0.29, 0.717) is 38.3 Å². The monoisotopic (exact) mass is 419 g/mol. The molecule has 0 bridgehead atoms. The molecule has 0 saturated carbocycles. The maximum atomic E-state index is 12.8. The average molecular weight is 420 g/mol. The van der Waals surface area contributed by atoms with E-state index in [1.807, 2.05) is 24.3 Å². The van der Waals surface area contributed by atoms with E-state index in [1.165, 1.54) is 16.1 Å². The van der Waals surface area contributed by atoms with Gasteiger partial charge in [-0.3, -0.25) is 4.79 Å². The summed E-state index contributed by atoms with van der Waals surface area (Å²) in [4.78, 5) is 13.8. The highest BCUT2D eigenvalue weighted by Gasteiger charge is 2.30. The number of benzene rings is 2. The third kappa shape index (κ3) is 4.10. The molecule has 2 aliphatic heterocycles. The van der Waals surface area contributed by atoms with Crippen molar-refractivity contribution in [2.24, 2.45) is 0 Å². The molecule has 28 heavy (non-hydrogen) atoms. The zero-order chi connectivity index (χ0) is 19.6. The Morgan fingerprint density at radius 2 is 1.93 bits per heavy atom. The summed E-state index contributed by atoms with van der Waals surface area (Å²) in [5.41, 5.74) is 1.82. The molecular weight excluding hydrogens is 398 g/mol. The van der Waals surface area contributed by atoms with E-state index >= 15 is 0 Å². The Labute approximate surface area is 168 Å². The Morgan fingerprint density at radius 1 is 1.14 bits per heavy atom. The van der Waals surface area contributed by atoms with Gasteiger partial charge in [0.25, 0.3) is 0 Å². The van der Waals surface area contributed by atoms with E-state index in [-0.39, 0.29) is 22.7 Å². The molecule has 4 rings (SSSR count). The van der Waals surface area contributed by atoms with Crippen molar-refractivity contribution in [3.8, 4) is 0 Å². The van der Waals surface area contributed by atoms with Crippen LogP contribution in [0.3, 0.4) is 0 Å². The van der Waals surface area contributed by atoms with E-state index in [9.17, 15) is 13.2 Å². The molecule has 0 amide bonds. The minimum atomic E-state index is -3.57. The minimum Gasteiger partial charge on any atom is -0.460 e. The molecule has 2 aliphatic rings. The summed E-state index contributed by atoms with van der Waals surface area (Å²) in [5.74, 6) is -0.275. The van der Waals surface area contributed by atoms with Crippen LogP contribution in [0.2, 0.25) is 0 Å². The lowest BCUT2D eigenvalue weighted by Gasteiger charge is -2.26. The van der Waals surface area contributed by atoms with Crippen LogP contribution in [0.25, 0.3) is 0 Å². The molecular formula is C20H21NO5S2. The molecule has 0 aromatic heterocycles. The number of rotatable bonds is 5. The molecule has 148 valence electrons. The number of fused-ring (bicyclic) bond motifs is 1. The standard InChI is InChI=1S/C20H21NO5S2/c22-20(19-13-16-5-1-2-7-18(16)27-19)26-14-15-4-3-6-17(12-15)28(23,24)21-8-10-25-11-9-21/h1-7,12,19H,8-11,13-14H2. The summed E-state index contributed by atoms with van der Waals surface area (Å²) >= 11 is 1.52. The number of hydrogen-bond donors (Lipinski definition) is 0. The van der Waals surface area contributed by atoms with Crippen molar-refractivity contribution in [2.45, 2.75) is 28.1 Å². The zero-order valence-corrected chi connectivity index (χ0v) is 16.9. The second-order valence-corrected chi connectivity index (χ2v) is 9.87. The lowest BCUT2D eigenvalue weighted by Crippen LogP contribution is -2.40. The van der Waals surface area contributed by atoms with Crippen molar-refractivity contribution < 1.29 is 22.7 Å². The first-order chi connectivity index (χ1) is 13.5. The third-order valence-corrected chi connectivity index (χ3v) is 7.99. The van der Waals surface area contributed by atoms with Gasteiger partial charge in [-0.2, -0.15) is 4.31 Å². The van der Waals surface area contributed by atoms with Crippen molar-refractivity contribution >= 4 is 27.8 Å². The number of carbonyl (C=O) groups is 1. The Hall–Kier alpha value is -1.87. The molecule has 0 aliphatic carbocycles. The Morgan fingerprint density at radius 3 is 2.71 bits per heavy atom. The SMILES string of the molecule is O=C(OCc1cccc(S(=O)(=O)N2CCOCC2)c1)C1Cc2ccccc2S1. The first-order valence-corrected chi connectivity index (χ1v) is 11.4. The quantitative estimate of drug-likeness (QED) is 0.694. The molecule has 2 aromatic carbocycles. The number of esters is 1. The van der Waals surface area contributed by atoms with Gasteiger partial charge in [-0.15, -0.1) is 11.8 Å². The second kappa shape index (κ2) is 8.24. The van der Waals surface area contributed by atoms with Crippen LogP contribution < -0.4 is 0 Å². The average Bonchev–Trinajstić information content (AvgIpc) is 3.17. The van der Waals surface area contributed by atoms with E-state index in [1.54, 1.807) is 24.3 Å². The largest absolute Gasteiger partial charge is 0.460 e. The highest BCUT2D eigenvalue weighted by molar-refractivity contribution is 8.01. The number of thioether (sulfide) groups is 1. The maximum Gasteiger partial charge on any atom is 0.320 e. The van der Waals surface area contributed by atoms with Crippen molar-refractivity contribution in [2.75, 3.05) is 26.3 Å². The van der Waals surface area contributed by atoms with Gasteiger partial charge in [0.1, 0.15) is 11.9 Å². The van der Waals surface area contributed by atoms with Gasteiger partial charge in [0.05, 0.1) is 18.1 Å². The molecule has 2 heterocycles. The normalized spacial score (nSPS) is 19.9. The summed E-state index contributed by atoms with van der Waals surface area (Å²) in [6, 6.07) is 14.5. The molecule has 0 radical (unpaired) electrons. The number of sulfonamides is 1. The first-order valence-electron chi connectivity index (χ1n) is 9.12. The Kier molecular flexibility index (Phi) is 5.73. The highest BCUT2D eigenvalue weighted by atomic mass is 32.2. The lowest BCUT2D eigenvalue weighted by molar-refractivity contribution is -0.144. The predicted molar refractivity (Wildman–Crippen MR) is 106 cm³/mol. The number of ether oxygens (including phenoxy) is 2. The van der Waals surface area contributed by atoms with Crippen LogP contribution in [0, 0.1) is 0 Å². The van der Waals surface area contributed by atoms with Gasteiger partial charge in [0.15, 0.2) is 0 Å². The fraction of sp³-hybridized carbons (Fsp3) is 0.350. The second-order valence-electron chi connectivity index (χ2n) is 6.69. The molecule has 0 spiro atoms. The molecule has 1 fully saturated rings. The van der Waals surface area contributed by atoms with E-state index < -0.39 is 10.0 Å². The maximum absolute atomic E-state index is 12.8. The Bertz CT molecular complexity index is 945. The van der Waals surface area contributed by atoms with Gasteiger partial charge >= 0.3 is 5.97 Å². The zero-order valence-electron chi connectivity index (χ0n) is 15.2. The summed E-state index contributed by atoms with van der Waals surface area (Å²) in [6.45, 7) is 1.55. The van der Waals surface area contributed by atoms with Crippen LogP contribution in [0.4, 0.5) is 0 Å². The lowest BCUT2D eigenvalue weighted by atomic mass is 10.1. The third-order valence-electron chi connectivity index (χ3n) is 4.80. The summed E-state index contributed by atoms with van der Waals surface area (Å²) in [7, 11) is -3.57. The smallest absolute Gasteiger partial charge is 0.320 e. The van der Waals surface area contributed by atoms with Gasteiger partial charge in [-0.1, -0.05) is 30.3 Å². The number of nitrogens with zero attached hydrogens (tertiary/aromatic N) is 1. The summed E-state index contributed by atoms with van der Waals surface area (Å²) in [5, 5.41) is -0.252. The molecule has 8 heteroatoms. The molecule has 2 aromatic rings. The van der Waals surface area contributed by atoms with Crippen molar-refractivity contribution in [3.63, 3.8) is 0 Å². The topological polar surface area (TPSA) is 72.9 Å². The van der Waals surface area contributed by atoms with Crippen molar-refractivity contribution in [3.05, 3.63) is 59.7 Å². The molecule has 1 unspecified atom stereocenters. The van der Waals surface area contributed by atoms with E-state index in [0.717, 1.165) is 10.5 Å². The molecule has 1 saturated heterocycles. The van der Waals surface area contributed by atoms with Crippen molar-refractivity contribution in [1.82, 2.24) is 4.31 Å². The Balaban J connectivity index is 1.39. The number of morpholine rings is 1. The fourth-order valence-electron chi connectivity index (χ4n) is 3.29. The number of carbonyl (C=O) groups excluding carboxylic acids is 1. The van der Waals surface area contributed by atoms with Gasteiger partial charge in [-0.25, -0.2) is 8.42 Å². The minimum absolute atomic E-state index is 0.0543. The van der Waals surface area contributed by atoms with Crippen LogP contribution >= 0.6 is 11.8 Å². The van der Waals surface area contributed by atoms with Crippen LogP contribution in [-0.4, -0.2) is 50.2 Å². The van der Waals surface area contributed by atoms with Crippen LogP contribution in [0.5, 0.6) is 0 Å². The molecule has 6 nitrogen and oxygen atoms in total. The van der Waals surface area contributed by atoms with Gasteiger partial charge in [0.2, 0.25) is 10.0 Å². The van der Waals surface area contributed by atoms with Crippen LogP contribution in [0.1, 0.15) is 11.1 Å². The predicted octanol–water partition coefficient (Wildman–Crippen LogP) is 2.47. The van der Waals surface area contributed by atoms with Crippen LogP contribution in [0.15, 0.2) is 58.3 Å². The number of hydrogen-bond acceptors (Lipinski definition) is 6. The highest BCUT2D eigenvalue weighted by Crippen LogP contribution is 2.37. The summed E-state index contributed by atoms with van der Waals surface area (Å²) < 4.78 is 37.7. The van der Waals surface area contributed by atoms with E-state index in [2.05, 4.69) is 0 Å². The molecule has 1 atom stereocenters. The summed E-state index contributed by atoms with van der Waals surface area (Å²) in [6.07, 6.45) is 0.658. The molecule has 0 N–H and O–H groups in total. The van der Waals surface area contributed by atoms with Gasteiger partial charge in [0, 0.05) is 18.0 Å². The van der Waals surface area contributed by atoms with Gasteiger partial charge < -0.3 is 9.47 Å². The fourth-order valence-corrected chi connectivity index (χ4v) is 5.97. The van der Waals surface area contributed by atoms with Gasteiger partial charge in [-0.05, 0) is 35.7 Å². The van der Waals surface area contributed by atoms with Crippen molar-refractivity contribution in [1.29, 1.82) is 0 Å².